The molecule has 0 atom stereocenters. The van der Waals surface area contributed by atoms with Crippen molar-refractivity contribution in [1.82, 2.24) is 0 Å². The van der Waals surface area contributed by atoms with Crippen molar-refractivity contribution in [3.8, 4) is 11.5 Å². The van der Waals surface area contributed by atoms with Crippen molar-refractivity contribution in [2.45, 2.75) is 84.5 Å². The van der Waals surface area contributed by atoms with E-state index >= 15 is 0 Å². The van der Waals surface area contributed by atoms with Crippen molar-refractivity contribution in [3.05, 3.63) is 23.8 Å². The molecule has 2 nitrogen and oxygen atoms in total. The molecule has 0 heterocycles. The van der Waals surface area contributed by atoms with Crippen molar-refractivity contribution >= 4 is 0 Å². The van der Waals surface area contributed by atoms with E-state index in [1.54, 1.807) is 0 Å². The molecular weight excluding hydrogens is 296 g/mol. The van der Waals surface area contributed by atoms with Crippen molar-refractivity contribution < 1.29 is 9.47 Å². The minimum absolute atomic E-state index is 0.639. The third kappa shape index (κ3) is 5.72. The molecule has 0 aliphatic heterocycles. The van der Waals surface area contributed by atoms with Crippen LogP contribution >= 0.6 is 0 Å². The molecule has 0 bridgehead atoms. The molecule has 1 aliphatic carbocycles. The number of rotatable bonds is 10. The molecule has 24 heavy (non-hydrogen) atoms. The predicted octanol–water partition coefficient (Wildman–Crippen LogP) is 6.73. The number of unbranched alkanes of at least 4 members (excludes halogenated alkanes) is 1. The quantitative estimate of drug-likeness (QED) is 0.442. The van der Waals surface area contributed by atoms with Crippen LogP contribution in [-0.2, 0) is 0 Å². The zero-order valence-corrected chi connectivity index (χ0v) is 16.0. The lowest BCUT2D eigenvalue weighted by Gasteiger charge is -2.30. The summed E-state index contributed by atoms with van der Waals surface area (Å²) in [7, 11) is 0. The largest absolute Gasteiger partial charge is 0.494 e. The van der Waals surface area contributed by atoms with Gasteiger partial charge >= 0.3 is 0 Å². The average molecular weight is 333 g/mol. The Morgan fingerprint density at radius 2 is 1.67 bits per heavy atom. The second kappa shape index (κ2) is 10.6. The summed E-state index contributed by atoms with van der Waals surface area (Å²) < 4.78 is 12.0. The summed E-state index contributed by atoms with van der Waals surface area (Å²) in [5, 5.41) is 0. The Bertz CT molecular complexity index is 461. The summed E-state index contributed by atoms with van der Waals surface area (Å²) in [6.07, 6.45) is 11.4. The topological polar surface area (TPSA) is 18.5 Å². The van der Waals surface area contributed by atoms with Crippen molar-refractivity contribution in [3.63, 3.8) is 0 Å². The van der Waals surface area contributed by atoms with E-state index in [0.29, 0.717) is 5.92 Å². The number of hydrogen-bond donors (Lipinski definition) is 0. The molecule has 0 saturated heterocycles. The smallest absolute Gasteiger partial charge is 0.123 e. The lowest BCUT2D eigenvalue weighted by molar-refractivity contribution is 0.282. The molecule has 0 N–H and O–H groups in total. The molecule has 136 valence electrons. The summed E-state index contributed by atoms with van der Waals surface area (Å²) in [6, 6.07) is 6.46. The van der Waals surface area contributed by atoms with Gasteiger partial charge in [0.2, 0.25) is 0 Å². The molecule has 1 aromatic carbocycles. The molecule has 1 aromatic rings. The van der Waals surface area contributed by atoms with Crippen LogP contribution in [0.1, 0.15) is 90.0 Å². The Hall–Kier alpha value is -1.18. The highest BCUT2D eigenvalue weighted by molar-refractivity contribution is 5.42. The molecule has 0 spiro atoms. The van der Waals surface area contributed by atoms with E-state index in [9.17, 15) is 0 Å². The van der Waals surface area contributed by atoms with Gasteiger partial charge in [0.1, 0.15) is 11.5 Å². The maximum Gasteiger partial charge on any atom is 0.123 e. The highest BCUT2D eigenvalue weighted by atomic mass is 16.5. The second-order valence-corrected chi connectivity index (χ2v) is 7.26. The monoisotopic (exact) mass is 332 g/mol. The fourth-order valence-corrected chi connectivity index (χ4v) is 3.78. The molecule has 0 radical (unpaired) electrons. The highest BCUT2D eigenvalue weighted by Crippen LogP contribution is 2.42. The molecule has 1 aliphatic rings. The van der Waals surface area contributed by atoms with Gasteiger partial charge in [0.05, 0.1) is 13.2 Å². The van der Waals surface area contributed by atoms with Crippen LogP contribution in [-0.4, -0.2) is 13.2 Å². The van der Waals surface area contributed by atoms with Crippen LogP contribution in [0.3, 0.4) is 0 Å². The first-order valence-corrected chi connectivity index (χ1v) is 10.2. The van der Waals surface area contributed by atoms with Gasteiger partial charge in [-0.25, -0.2) is 0 Å². The minimum atomic E-state index is 0.639. The Labute approximate surface area is 148 Å². The average Bonchev–Trinajstić information content (AvgIpc) is 2.62. The fraction of sp³-hybridized carbons (Fsp3) is 0.727. The Morgan fingerprint density at radius 1 is 0.875 bits per heavy atom. The van der Waals surface area contributed by atoms with Gasteiger partial charge in [0, 0.05) is 5.56 Å². The molecule has 1 fully saturated rings. The van der Waals surface area contributed by atoms with Crippen molar-refractivity contribution in [2.75, 3.05) is 13.2 Å². The molecule has 2 rings (SSSR count). The molecule has 0 aromatic heterocycles. The molecule has 0 amide bonds. The standard InChI is InChI=1S/C22H36O2/c1-4-7-16-23-20-13-14-22(24-15-6-3)21(17-20)19-11-9-18(8-5-2)10-12-19/h13-14,17-19H,4-12,15-16H2,1-3H3. The summed E-state index contributed by atoms with van der Waals surface area (Å²) in [6.45, 7) is 8.28. The van der Waals surface area contributed by atoms with Crippen LogP contribution in [0, 0.1) is 5.92 Å². The molecular formula is C22H36O2. The van der Waals surface area contributed by atoms with Gasteiger partial charge in [0.25, 0.3) is 0 Å². The second-order valence-electron chi connectivity index (χ2n) is 7.26. The van der Waals surface area contributed by atoms with Crippen molar-refractivity contribution in [1.29, 1.82) is 0 Å². The van der Waals surface area contributed by atoms with E-state index < -0.39 is 0 Å². The van der Waals surface area contributed by atoms with Gasteiger partial charge in [-0.2, -0.15) is 0 Å². The molecule has 0 unspecified atom stereocenters. The summed E-state index contributed by atoms with van der Waals surface area (Å²) in [5.41, 5.74) is 1.38. The first kappa shape index (κ1) is 19.1. The zero-order valence-electron chi connectivity index (χ0n) is 16.0. The Morgan fingerprint density at radius 3 is 2.33 bits per heavy atom. The molecule has 2 heteroatoms. The first-order chi connectivity index (χ1) is 11.8. The molecule has 1 saturated carbocycles. The van der Waals surface area contributed by atoms with Crippen molar-refractivity contribution in [2.24, 2.45) is 5.92 Å². The van der Waals surface area contributed by atoms with Gasteiger partial charge in [-0.05, 0) is 68.6 Å². The summed E-state index contributed by atoms with van der Waals surface area (Å²) in [4.78, 5) is 0. The number of hydrogen-bond acceptors (Lipinski definition) is 2. The van der Waals surface area contributed by atoms with E-state index in [-0.39, 0.29) is 0 Å². The number of ether oxygens (including phenoxy) is 2. The number of benzene rings is 1. The predicted molar refractivity (Wildman–Crippen MR) is 102 cm³/mol. The Kier molecular flexibility index (Phi) is 8.49. The van der Waals surface area contributed by atoms with Gasteiger partial charge in [-0.15, -0.1) is 0 Å². The van der Waals surface area contributed by atoms with E-state index in [0.717, 1.165) is 43.5 Å². The van der Waals surface area contributed by atoms with Gasteiger partial charge in [-0.1, -0.05) is 40.0 Å². The first-order valence-electron chi connectivity index (χ1n) is 10.2. The van der Waals surface area contributed by atoms with Crippen LogP contribution in [0.5, 0.6) is 11.5 Å². The third-order valence-corrected chi connectivity index (χ3v) is 5.19. The normalized spacial score (nSPS) is 20.8. The lowest BCUT2D eigenvalue weighted by atomic mass is 9.77. The lowest BCUT2D eigenvalue weighted by Crippen LogP contribution is -2.14. The van der Waals surface area contributed by atoms with E-state index in [1.807, 2.05) is 0 Å². The minimum Gasteiger partial charge on any atom is -0.494 e. The van der Waals surface area contributed by atoms with Crippen LogP contribution in [0.4, 0.5) is 0 Å². The maximum absolute atomic E-state index is 6.04. The van der Waals surface area contributed by atoms with Gasteiger partial charge < -0.3 is 9.47 Å². The van der Waals surface area contributed by atoms with Crippen LogP contribution in [0.2, 0.25) is 0 Å². The fourth-order valence-electron chi connectivity index (χ4n) is 3.78. The summed E-state index contributed by atoms with van der Waals surface area (Å²) in [5.74, 6) is 3.67. The Balaban J connectivity index is 2.07. The van der Waals surface area contributed by atoms with E-state index in [4.69, 9.17) is 9.47 Å². The van der Waals surface area contributed by atoms with Crippen LogP contribution < -0.4 is 9.47 Å². The SMILES string of the molecule is CCCCOc1ccc(OCCC)c(C2CCC(CCC)CC2)c1. The highest BCUT2D eigenvalue weighted by Gasteiger charge is 2.24. The van der Waals surface area contributed by atoms with Crippen LogP contribution in [0.15, 0.2) is 18.2 Å². The van der Waals surface area contributed by atoms with E-state index in [1.165, 1.54) is 50.5 Å². The zero-order chi connectivity index (χ0) is 17.2. The third-order valence-electron chi connectivity index (χ3n) is 5.19. The van der Waals surface area contributed by atoms with Gasteiger partial charge in [0.15, 0.2) is 0 Å². The van der Waals surface area contributed by atoms with Crippen LogP contribution in [0.25, 0.3) is 0 Å². The van der Waals surface area contributed by atoms with Gasteiger partial charge in [-0.3, -0.25) is 0 Å². The van der Waals surface area contributed by atoms with E-state index in [2.05, 4.69) is 39.0 Å². The summed E-state index contributed by atoms with van der Waals surface area (Å²) >= 11 is 0. The maximum atomic E-state index is 6.04.